The molecule has 0 aliphatic carbocycles. The van der Waals surface area contributed by atoms with Gasteiger partial charge in [-0.05, 0) is 70.6 Å². The minimum atomic E-state index is -4.33. The number of nitrogens with zero attached hydrogens (tertiary/aromatic N) is 1. The first-order chi connectivity index (χ1) is 32.5. The lowest BCUT2D eigenvalue weighted by Crippen LogP contribution is -2.46. The first kappa shape index (κ1) is 64.7. The SMILES string of the molecule is CC/C=C\C/C=C\C/C=C\C/C=C\C/C=C\C/C=C\C/C=C\CCCCCCCCCC(=O)NC(COP(=O)(O)OCC[N+](C)(C)C)C(O)CCCCCCCCCCCCCCCCCC. The van der Waals surface area contributed by atoms with E-state index in [1.807, 2.05) is 21.1 Å². The van der Waals surface area contributed by atoms with E-state index < -0.39 is 20.0 Å². The van der Waals surface area contributed by atoms with E-state index in [1.165, 1.54) is 103 Å². The number of allylic oxidation sites excluding steroid dienone is 14. The van der Waals surface area contributed by atoms with E-state index in [0.717, 1.165) is 96.3 Å². The van der Waals surface area contributed by atoms with Crippen LogP contribution in [0.2, 0.25) is 0 Å². The highest BCUT2D eigenvalue weighted by molar-refractivity contribution is 7.47. The summed E-state index contributed by atoms with van der Waals surface area (Å²) in [6.45, 7) is 4.77. The molecule has 0 saturated heterocycles. The van der Waals surface area contributed by atoms with E-state index in [1.54, 1.807) is 0 Å². The number of nitrogens with one attached hydrogen (secondary N) is 1. The number of carbonyl (C=O) groups excluding carboxylic acids is 1. The zero-order chi connectivity index (χ0) is 49.2. The molecule has 388 valence electrons. The number of rotatable bonds is 49. The van der Waals surface area contributed by atoms with Crippen LogP contribution in [0, 0.1) is 0 Å². The Morgan fingerprint density at radius 3 is 1.31 bits per heavy atom. The lowest BCUT2D eigenvalue weighted by Gasteiger charge is -2.26. The van der Waals surface area contributed by atoms with Gasteiger partial charge in [0.15, 0.2) is 0 Å². The maximum atomic E-state index is 13.0. The quantitative estimate of drug-likeness (QED) is 0.0243. The molecule has 0 aromatic rings. The van der Waals surface area contributed by atoms with Crippen LogP contribution in [0.3, 0.4) is 0 Å². The third-order valence-corrected chi connectivity index (χ3v) is 12.9. The van der Waals surface area contributed by atoms with E-state index >= 15 is 0 Å². The van der Waals surface area contributed by atoms with Gasteiger partial charge in [-0.3, -0.25) is 13.8 Å². The molecule has 0 aliphatic heterocycles. The molecule has 0 aromatic carbocycles. The number of phosphoric acid groups is 1. The van der Waals surface area contributed by atoms with Crippen LogP contribution in [-0.2, 0) is 18.4 Å². The molecule has 0 bridgehead atoms. The van der Waals surface area contributed by atoms with Gasteiger partial charge >= 0.3 is 7.82 Å². The Morgan fingerprint density at radius 1 is 0.522 bits per heavy atom. The van der Waals surface area contributed by atoms with Crippen molar-refractivity contribution >= 4 is 13.7 Å². The third-order valence-electron chi connectivity index (χ3n) is 11.9. The highest BCUT2D eigenvalue weighted by atomic mass is 31.2. The first-order valence-electron chi connectivity index (χ1n) is 27.5. The minimum Gasteiger partial charge on any atom is -0.391 e. The van der Waals surface area contributed by atoms with Crippen LogP contribution in [-0.4, -0.2) is 73.4 Å². The first-order valence-corrected chi connectivity index (χ1v) is 28.9. The molecule has 67 heavy (non-hydrogen) atoms. The Balaban J connectivity index is 4.24. The molecular weight excluding hydrogens is 852 g/mol. The summed E-state index contributed by atoms with van der Waals surface area (Å²) in [5.41, 5.74) is 0. The topological polar surface area (TPSA) is 105 Å². The van der Waals surface area contributed by atoms with E-state index in [4.69, 9.17) is 9.05 Å². The Morgan fingerprint density at radius 2 is 0.896 bits per heavy atom. The van der Waals surface area contributed by atoms with Crippen LogP contribution >= 0.6 is 7.82 Å². The summed E-state index contributed by atoms with van der Waals surface area (Å²) in [6, 6.07) is -0.772. The molecule has 3 N–H and O–H groups in total. The van der Waals surface area contributed by atoms with Gasteiger partial charge in [-0.15, -0.1) is 0 Å². The van der Waals surface area contributed by atoms with Gasteiger partial charge < -0.3 is 19.8 Å². The Kier molecular flexibility index (Phi) is 47.0. The van der Waals surface area contributed by atoms with Crippen LogP contribution in [0.15, 0.2) is 85.1 Å². The Bertz CT molecular complexity index is 1360. The van der Waals surface area contributed by atoms with Crippen LogP contribution in [0.5, 0.6) is 0 Å². The molecule has 3 atom stereocenters. The summed E-state index contributed by atoms with van der Waals surface area (Å²) < 4.78 is 23.7. The fraction of sp³-hybridized carbons (Fsp3) is 0.741. The Labute approximate surface area is 414 Å². The van der Waals surface area contributed by atoms with E-state index in [9.17, 15) is 19.4 Å². The van der Waals surface area contributed by atoms with Gasteiger partial charge in [0.05, 0.1) is 39.9 Å². The number of likely N-dealkylation sites (N-methyl/N-ethyl adjacent to an activating group) is 1. The predicted octanol–water partition coefficient (Wildman–Crippen LogP) is 16.5. The highest BCUT2D eigenvalue weighted by Gasteiger charge is 2.28. The van der Waals surface area contributed by atoms with Gasteiger partial charge in [0.2, 0.25) is 5.91 Å². The lowest BCUT2D eigenvalue weighted by atomic mass is 10.0. The normalized spacial score (nSPS) is 14.7. The maximum absolute atomic E-state index is 13.0. The van der Waals surface area contributed by atoms with Crippen LogP contribution in [0.25, 0.3) is 0 Å². The minimum absolute atomic E-state index is 0.0683. The summed E-state index contributed by atoms with van der Waals surface area (Å²) in [6.07, 6.45) is 67.6. The molecule has 0 heterocycles. The molecule has 0 aromatic heterocycles. The van der Waals surface area contributed by atoms with Crippen LogP contribution in [0.1, 0.15) is 226 Å². The second-order valence-electron chi connectivity index (χ2n) is 19.6. The number of aliphatic hydroxyl groups is 1. The third kappa shape index (κ3) is 51.4. The number of carbonyl (C=O) groups is 1. The average Bonchev–Trinajstić information content (AvgIpc) is 3.29. The molecule has 0 saturated carbocycles. The number of unbranched alkanes of at least 4 members (excludes halogenated alkanes) is 22. The second-order valence-corrected chi connectivity index (χ2v) is 21.0. The van der Waals surface area contributed by atoms with E-state index in [2.05, 4.69) is 104 Å². The largest absolute Gasteiger partial charge is 0.472 e. The molecule has 0 fully saturated rings. The summed E-state index contributed by atoms with van der Waals surface area (Å²) in [7, 11) is 1.60. The van der Waals surface area contributed by atoms with Crippen molar-refractivity contribution in [2.24, 2.45) is 0 Å². The van der Waals surface area contributed by atoms with Gasteiger partial charge in [0.1, 0.15) is 13.2 Å². The molecule has 0 spiro atoms. The van der Waals surface area contributed by atoms with Gasteiger partial charge in [0.25, 0.3) is 0 Å². The molecule has 3 unspecified atom stereocenters. The number of aliphatic hydroxyl groups excluding tert-OH is 1. The predicted molar refractivity (Wildman–Crippen MR) is 290 cm³/mol. The summed E-state index contributed by atoms with van der Waals surface area (Å²) in [5.74, 6) is -0.158. The summed E-state index contributed by atoms with van der Waals surface area (Å²) in [5, 5.41) is 14.0. The van der Waals surface area contributed by atoms with Gasteiger partial charge in [-0.1, -0.05) is 234 Å². The van der Waals surface area contributed by atoms with Crippen molar-refractivity contribution in [2.75, 3.05) is 40.9 Å². The van der Waals surface area contributed by atoms with Crippen molar-refractivity contribution in [1.82, 2.24) is 5.32 Å². The smallest absolute Gasteiger partial charge is 0.391 e. The standard InChI is InChI=1S/C58H105N2O6P/c1-6-8-10-12-14-16-18-20-22-24-25-26-27-28-29-30-31-32-33-34-35-36-38-40-42-44-46-48-50-52-58(62)59-56(55-66-67(63,64)65-54-53-60(3,4)5)57(61)51-49-47-45-43-41-39-37-23-21-19-17-15-13-11-9-7-2/h8,10,14,16,20,22,25-26,28-29,31-32,34-35,56-57,61H,6-7,9,11-13,15,17-19,21,23-24,27,30,33,36-55H2,1-5H3,(H-,59,62,63,64)/p+1/b10-8-,16-14-,22-20-,26-25-,29-28-,32-31-,35-34-. The van der Waals surface area contributed by atoms with Crippen molar-refractivity contribution < 1.29 is 32.9 Å². The van der Waals surface area contributed by atoms with Crippen molar-refractivity contribution in [1.29, 1.82) is 0 Å². The van der Waals surface area contributed by atoms with Crippen molar-refractivity contribution in [3.8, 4) is 0 Å². The van der Waals surface area contributed by atoms with Crippen LogP contribution < -0.4 is 5.32 Å². The second kappa shape index (κ2) is 48.7. The van der Waals surface area contributed by atoms with Crippen molar-refractivity contribution in [3.05, 3.63) is 85.1 Å². The fourth-order valence-corrected chi connectivity index (χ4v) is 8.35. The fourth-order valence-electron chi connectivity index (χ4n) is 7.61. The molecule has 9 heteroatoms. The highest BCUT2D eigenvalue weighted by Crippen LogP contribution is 2.43. The number of hydrogen-bond acceptors (Lipinski definition) is 5. The van der Waals surface area contributed by atoms with Gasteiger partial charge in [0, 0.05) is 6.42 Å². The summed E-state index contributed by atoms with van der Waals surface area (Å²) >= 11 is 0. The molecule has 8 nitrogen and oxygen atoms in total. The number of phosphoric ester groups is 1. The molecule has 0 radical (unpaired) electrons. The number of hydrogen-bond donors (Lipinski definition) is 3. The van der Waals surface area contributed by atoms with E-state index in [-0.39, 0.29) is 19.1 Å². The monoisotopic (exact) mass is 958 g/mol. The molecule has 1 amide bonds. The average molecular weight is 958 g/mol. The molecule has 0 aliphatic rings. The summed E-state index contributed by atoms with van der Waals surface area (Å²) in [4.78, 5) is 23.3. The molecule has 0 rings (SSSR count). The number of quaternary nitrogens is 1. The zero-order valence-electron chi connectivity index (χ0n) is 44.1. The Hall–Kier alpha value is -2.32. The zero-order valence-corrected chi connectivity index (χ0v) is 45.0. The van der Waals surface area contributed by atoms with Crippen LogP contribution in [0.4, 0.5) is 0 Å². The van der Waals surface area contributed by atoms with E-state index in [0.29, 0.717) is 23.9 Å². The maximum Gasteiger partial charge on any atom is 0.472 e. The van der Waals surface area contributed by atoms with Gasteiger partial charge in [-0.25, -0.2) is 4.57 Å². The lowest BCUT2D eigenvalue weighted by molar-refractivity contribution is -0.870. The van der Waals surface area contributed by atoms with Crippen molar-refractivity contribution in [2.45, 2.75) is 238 Å². The molecular formula is C58H106N2O6P+. The van der Waals surface area contributed by atoms with Gasteiger partial charge in [-0.2, -0.15) is 0 Å². The van der Waals surface area contributed by atoms with Crippen molar-refractivity contribution in [3.63, 3.8) is 0 Å². The number of amides is 1.